The number of nitrogens with zero attached hydrogens (tertiary/aromatic N) is 2. The van der Waals surface area contributed by atoms with Crippen molar-refractivity contribution in [2.24, 2.45) is 4.40 Å². The summed E-state index contributed by atoms with van der Waals surface area (Å²) in [6.07, 6.45) is 4.64. The van der Waals surface area contributed by atoms with Crippen molar-refractivity contribution >= 4 is 33.6 Å². The minimum absolute atomic E-state index is 0.0453. The van der Waals surface area contributed by atoms with E-state index in [0.29, 0.717) is 24.6 Å². The maximum Gasteiger partial charge on any atom is 0.339 e. The molecular weight excluding hydrogens is 300 g/mol. The van der Waals surface area contributed by atoms with Crippen LogP contribution in [0.5, 0.6) is 0 Å². The highest BCUT2D eigenvalue weighted by Crippen LogP contribution is 2.16. The second-order valence-corrected chi connectivity index (χ2v) is 7.33. The maximum atomic E-state index is 11.8. The van der Waals surface area contributed by atoms with Crippen molar-refractivity contribution < 1.29 is 17.9 Å². The first-order valence-corrected chi connectivity index (χ1v) is 9.02. The number of esters is 1. The first-order valence-electron chi connectivity index (χ1n) is 6.26. The summed E-state index contributed by atoms with van der Waals surface area (Å²) in [4.78, 5) is 13.5. The van der Waals surface area contributed by atoms with E-state index in [9.17, 15) is 13.2 Å². The minimum atomic E-state index is -3.36. The van der Waals surface area contributed by atoms with Crippen LogP contribution in [0.25, 0.3) is 0 Å². The Kier molecular flexibility index (Phi) is 4.87. The number of sulfonamides is 1. The van der Waals surface area contributed by atoms with Crippen LogP contribution in [0.3, 0.4) is 0 Å². The van der Waals surface area contributed by atoms with Gasteiger partial charge in [0.05, 0.1) is 11.3 Å². The van der Waals surface area contributed by atoms with Crippen LogP contribution < -0.4 is 0 Å². The maximum absolute atomic E-state index is 11.8. The van der Waals surface area contributed by atoms with E-state index in [0.717, 1.165) is 11.5 Å². The van der Waals surface area contributed by atoms with E-state index in [1.165, 1.54) is 12.2 Å². The van der Waals surface area contributed by atoms with Gasteiger partial charge in [0.25, 0.3) is 10.0 Å². The molecule has 0 saturated carbocycles. The van der Waals surface area contributed by atoms with E-state index in [2.05, 4.69) is 4.40 Å². The third-order valence-electron chi connectivity index (χ3n) is 2.72. The van der Waals surface area contributed by atoms with Crippen molar-refractivity contribution in [3.8, 4) is 0 Å². The molecule has 6 nitrogen and oxygen atoms in total. The number of carbonyl (C=O) groups excluding carboxylic acids is 1. The summed E-state index contributed by atoms with van der Waals surface area (Å²) in [6, 6.07) is 0. The second kappa shape index (κ2) is 6.45. The Bertz CT molecular complexity index is 578. The van der Waals surface area contributed by atoms with Gasteiger partial charge in [0.1, 0.15) is 12.4 Å². The van der Waals surface area contributed by atoms with Crippen LogP contribution in [0, 0.1) is 0 Å². The Morgan fingerprint density at radius 2 is 2.30 bits per heavy atom. The lowest BCUT2D eigenvalue weighted by molar-refractivity contribution is -0.138. The van der Waals surface area contributed by atoms with Gasteiger partial charge in [-0.25, -0.2) is 13.2 Å². The first-order chi connectivity index (χ1) is 9.52. The zero-order valence-electron chi connectivity index (χ0n) is 11.1. The standard InChI is InChI=1S/C12H16N2O4S2/c1-2-19-7-6-18-12(15)10-3-4-11-13-20(16,17)8-5-14(11)9-10/h3-4,9H,2,5-8H2,1H3. The summed E-state index contributed by atoms with van der Waals surface area (Å²) in [7, 11) is -3.36. The molecule has 0 radical (unpaired) electrons. The number of rotatable bonds is 5. The van der Waals surface area contributed by atoms with E-state index >= 15 is 0 Å². The van der Waals surface area contributed by atoms with Gasteiger partial charge in [-0.05, 0) is 17.9 Å². The largest absolute Gasteiger partial charge is 0.461 e. The fourth-order valence-electron chi connectivity index (χ4n) is 1.74. The molecule has 0 aromatic heterocycles. The van der Waals surface area contributed by atoms with Crippen molar-refractivity contribution in [3.63, 3.8) is 0 Å². The zero-order valence-corrected chi connectivity index (χ0v) is 12.7. The number of thioether (sulfide) groups is 1. The number of fused-ring (bicyclic) bond motifs is 1. The zero-order chi connectivity index (χ0) is 14.6. The lowest BCUT2D eigenvalue weighted by Crippen LogP contribution is -2.37. The van der Waals surface area contributed by atoms with Crippen molar-refractivity contribution in [1.29, 1.82) is 0 Å². The second-order valence-electron chi connectivity index (χ2n) is 4.18. The molecule has 2 aliphatic heterocycles. The first kappa shape index (κ1) is 15.1. The Labute approximate surface area is 122 Å². The average molecular weight is 316 g/mol. The third kappa shape index (κ3) is 3.86. The van der Waals surface area contributed by atoms with E-state index < -0.39 is 16.0 Å². The van der Waals surface area contributed by atoms with Gasteiger partial charge in [0, 0.05) is 18.5 Å². The van der Waals surface area contributed by atoms with Crippen LogP contribution in [0.2, 0.25) is 0 Å². The molecule has 110 valence electrons. The number of hydrogen-bond acceptors (Lipinski definition) is 6. The molecule has 8 heteroatoms. The van der Waals surface area contributed by atoms with Crippen molar-refractivity contribution in [3.05, 3.63) is 23.9 Å². The van der Waals surface area contributed by atoms with E-state index in [1.54, 1.807) is 22.9 Å². The van der Waals surface area contributed by atoms with Gasteiger partial charge >= 0.3 is 5.97 Å². The molecule has 0 N–H and O–H groups in total. The quantitative estimate of drug-likeness (QED) is 0.551. The molecule has 20 heavy (non-hydrogen) atoms. The van der Waals surface area contributed by atoms with Crippen molar-refractivity contribution in [2.75, 3.05) is 30.4 Å². The number of ether oxygens (including phenoxy) is 1. The highest BCUT2D eigenvalue weighted by Gasteiger charge is 2.25. The molecule has 0 fully saturated rings. The monoisotopic (exact) mass is 316 g/mol. The number of hydrogen-bond donors (Lipinski definition) is 0. The topological polar surface area (TPSA) is 76.0 Å². The molecular formula is C12H16N2O4S2. The highest BCUT2D eigenvalue weighted by molar-refractivity contribution is 7.99. The fraction of sp³-hybridized carbons (Fsp3) is 0.500. The Hall–Kier alpha value is -1.28. The average Bonchev–Trinajstić information content (AvgIpc) is 2.42. The highest BCUT2D eigenvalue weighted by atomic mass is 32.2. The van der Waals surface area contributed by atoms with Gasteiger partial charge in [-0.3, -0.25) is 0 Å². The van der Waals surface area contributed by atoms with Gasteiger partial charge in [0.2, 0.25) is 0 Å². The van der Waals surface area contributed by atoms with Gasteiger partial charge in [-0.1, -0.05) is 6.92 Å². The Balaban J connectivity index is 1.98. The molecule has 0 atom stereocenters. The molecule has 0 spiro atoms. The third-order valence-corrected chi connectivity index (χ3v) is 4.75. The molecule has 0 amide bonds. The summed E-state index contributed by atoms with van der Waals surface area (Å²) >= 11 is 1.70. The molecule has 0 aliphatic carbocycles. The van der Waals surface area contributed by atoms with Crippen molar-refractivity contribution in [1.82, 2.24) is 4.90 Å². The Morgan fingerprint density at radius 3 is 3.05 bits per heavy atom. The molecule has 2 rings (SSSR count). The molecule has 0 bridgehead atoms. The number of carbonyl (C=O) groups is 1. The van der Waals surface area contributed by atoms with E-state index in [4.69, 9.17) is 4.74 Å². The summed E-state index contributed by atoms with van der Waals surface area (Å²) in [5.74, 6) is 1.66. The predicted molar refractivity (Wildman–Crippen MR) is 79.1 cm³/mol. The predicted octanol–water partition coefficient (Wildman–Crippen LogP) is 0.780. The van der Waals surface area contributed by atoms with Crippen LogP contribution >= 0.6 is 11.8 Å². The van der Waals surface area contributed by atoms with Crippen LogP contribution in [0.1, 0.15) is 6.92 Å². The minimum Gasteiger partial charge on any atom is -0.461 e. The lowest BCUT2D eigenvalue weighted by atomic mass is 10.2. The summed E-state index contributed by atoms with van der Waals surface area (Å²) in [6.45, 7) is 2.72. The summed E-state index contributed by atoms with van der Waals surface area (Å²) in [5, 5.41) is 0. The molecule has 0 unspecified atom stereocenters. The summed E-state index contributed by atoms with van der Waals surface area (Å²) in [5.41, 5.74) is 0.407. The van der Waals surface area contributed by atoms with Crippen LogP contribution in [-0.2, 0) is 19.6 Å². The van der Waals surface area contributed by atoms with E-state index in [1.807, 2.05) is 6.92 Å². The molecule has 0 saturated heterocycles. The summed E-state index contributed by atoms with van der Waals surface area (Å²) < 4.78 is 31.5. The smallest absolute Gasteiger partial charge is 0.339 e. The molecule has 2 heterocycles. The molecule has 2 aliphatic rings. The van der Waals surface area contributed by atoms with Crippen LogP contribution in [-0.4, -0.2) is 55.5 Å². The lowest BCUT2D eigenvalue weighted by Gasteiger charge is -2.26. The van der Waals surface area contributed by atoms with Gasteiger partial charge < -0.3 is 9.64 Å². The van der Waals surface area contributed by atoms with Gasteiger partial charge in [-0.2, -0.15) is 11.8 Å². The molecule has 0 aromatic rings. The van der Waals surface area contributed by atoms with Gasteiger partial charge in [-0.15, -0.1) is 4.40 Å². The molecule has 0 aromatic carbocycles. The van der Waals surface area contributed by atoms with Crippen LogP contribution in [0.15, 0.2) is 28.3 Å². The van der Waals surface area contributed by atoms with E-state index in [-0.39, 0.29) is 5.75 Å². The van der Waals surface area contributed by atoms with Crippen molar-refractivity contribution in [2.45, 2.75) is 6.92 Å². The van der Waals surface area contributed by atoms with Crippen LogP contribution in [0.4, 0.5) is 0 Å². The number of amidine groups is 1. The fourth-order valence-corrected chi connectivity index (χ4v) is 3.20. The van der Waals surface area contributed by atoms with Gasteiger partial charge in [0.15, 0.2) is 0 Å². The SMILES string of the molecule is CCSCCOC(=O)C1=CN2CCS(=O)(=O)N=C2C=C1. The normalized spacial score (nSPS) is 19.9. The Morgan fingerprint density at radius 1 is 1.50 bits per heavy atom.